The Bertz CT molecular complexity index is 1980. The number of methoxy groups -OCH3 is 2. The summed E-state index contributed by atoms with van der Waals surface area (Å²) in [4.78, 5) is 26.9. The molecule has 6 aromatic carbocycles. The van der Waals surface area contributed by atoms with Gasteiger partial charge in [0.25, 0.3) is 0 Å². The molecule has 0 heterocycles. The number of rotatable bonds is 8. The van der Waals surface area contributed by atoms with Crippen LogP contribution < -0.4 is 14.4 Å². The summed E-state index contributed by atoms with van der Waals surface area (Å²) in [5.74, 6) is 1.61. The van der Waals surface area contributed by atoms with Crippen molar-refractivity contribution < 1.29 is 19.1 Å². The summed E-state index contributed by atoms with van der Waals surface area (Å²) in [7, 11) is 3.32. The number of nitrogens with zero attached hydrogens (tertiary/aromatic N) is 1. The molecular weight excluding hydrogens is 558 g/mol. The van der Waals surface area contributed by atoms with Crippen molar-refractivity contribution in [2.45, 2.75) is 0 Å². The third-order valence-corrected chi connectivity index (χ3v) is 8.32. The lowest BCUT2D eigenvalue weighted by Gasteiger charge is -2.26. The van der Waals surface area contributed by atoms with Gasteiger partial charge in [-0.3, -0.25) is 9.59 Å². The molecule has 6 aromatic rings. The van der Waals surface area contributed by atoms with E-state index in [4.69, 9.17) is 9.47 Å². The fourth-order valence-corrected chi connectivity index (χ4v) is 5.91. The van der Waals surface area contributed by atoms with Crippen LogP contribution >= 0.6 is 0 Å². The van der Waals surface area contributed by atoms with Crippen molar-refractivity contribution >= 4 is 29.1 Å². The van der Waals surface area contributed by atoms with Crippen LogP contribution in [-0.4, -0.2) is 26.3 Å². The molecule has 0 fully saturated rings. The monoisotopic (exact) mass is 587 g/mol. The van der Waals surface area contributed by atoms with Crippen LogP contribution in [0, 0.1) is 0 Å². The van der Waals surface area contributed by atoms with Crippen LogP contribution in [0.3, 0.4) is 0 Å². The second-order valence-electron chi connectivity index (χ2n) is 10.9. The highest BCUT2D eigenvalue weighted by molar-refractivity contribution is 6.22. The number of aldehydes is 1. The first-order valence-corrected chi connectivity index (χ1v) is 14.6. The minimum atomic E-state index is 0.0232. The molecule has 1 aliphatic rings. The van der Waals surface area contributed by atoms with E-state index in [1.807, 2.05) is 91.0 Å². The lowest BCUT2D eigenvalue weighted by molar-refractivity contribution is 0.104. The molecule has 0 aliphatic heterocycles. The number of ether oxygens (including phenoxy) is 2. The van der Waals surface area contributed by atoms with Crippen molar-refractivity contribution in [2.75, 3.05) is 19.1 Å². The summed E-state index contributed by atoms with van der Waals surface area (Å²) >= 11 is 0. The molecule has 7 rings (SSSR count). The Labute approximate surface area is 261 Å². The van der Waals surface area contributed by atoms with E-state index in [2.05, 4.69) is 35.2 Å². The first-order chi connectivity index (χ1) is 22.1. The van der Waals surface area contributed by atoms with Crippen LogP contribution in [-0.2, 0) is 0 Å². The molecule has 5 nitrogen and oxygen atoms in total. The molecule has 0 saturated heterocycles. The number of hydrogen-bond acceptors (Lipinski definition) is 5. The highest BCUT2D eigenvalue weighted by atomic mass is 16.5. The number of hydrogen-bond donors (Lipinski definition) is 0. The Morgan fingerprint density at radius 1 is 0.467 bits per heavy atom. The topological polar surface area (TPSA) is 55.8 Å². The van der Waals surface area contributed by atoms with E-state index in [0.717, 1.165) is 68.2 Å². The SMILES string of the molecule is COc1ccc(N(c2ccc(OC)cc2)c2ccc(-c3ccc4c(c3)C(=O)c3cc(-c5ccc(C=O)cc5)ccc3-4)cc2)cc1. The predicted molar refractivity (Wildman–Crippen MR) is 179 cm³/mol. The van der Waals surface area contributed by atoms with Crippen LogP contribution in [0.2, 0.25) is 0 Å². The molecular formula is C40H29NO4. The molecule has 0 saturated carbocycles. The van der Waals surface area contributed by atoms with Gasteiger partial charge in [0.2, 0.25) is 0 Å². The van der Waals surface area contributed by atoms with E-state index < -0.39 is 0 Å². The van der Waals surface area contributed by atoms with Crippen molar-refractivity contribution in [2.24, 2.45) is 0 Å². The Morgan fingerprint density at radius 3 is 1.24 bits per heavy atom. The van der Waals surface area contributed by atoms with Crippen LogP contribution in [0.15, 0.2) is 133 Å². The Hall–Kier alpha value is -5.94. The van der Waals surface area contributed by atoms with Gasteiger partial charge in [0.15, 0.2) is 5.78 Å². The zero-order valence-electron chi connectivity index (χ0n) is 24.9. The third kappa shape index (κ3) is 5.15. The average Bonchev–Trinajstić information content (AvgIpc) is 3.39. The van der Waals surface area contributed by atoms with Crippen molar-refractivity contribution in [1.82, 2.24) is 0 Å². The number of ketones is 1. The summed E-state index contributed by atoms with van der Waals surface area (Å²) in [6.07, 6.45) is 0.829. The molecule has 0 atom stereocenters. The smallest absolute Gasteiger partial charge is 0.194 e. The molecule has 0 spiro atoms. The van der Waals surface area contributed by atoms with Gasteiger partial charge in [-0.1, -0.05) is 60.7 Å². The lowest BCUT2D eigenvalue weighted by atomic mass is 9.97. The molecule has 218 valence electrons. The Morgan fingerprint density at radius 2 is 0.844 bits per heavy atom. The van der Waals surface area contributed by atoms with Gasteiger partial charge in [-0.05, 0) is 106 Å². The molecule has 1 aliphatic carbocycles. The second-order valence-corrected chi connectivity index (χ2v) is 10.9. The highest BCUT2D eigenvalue weighted by Gasteiger charge is 2.27. The van der Waals surface area contributed by atoms with Gasteiger partial charge in [0, 0.05) is 33.8 Å². The number of carbonyl (C=O) groups excluding carboxylic acids is 2. The van der Waals surface area contributed by atoms with Gasteiger partial charge >= 0.3 is 0 Å². The lowest BCUT2D eigenvalue weighted by Crippen LogP contribution is -2.09. The van der Waals surface area contributed by atoms with Gasteiger partial charge < -0.3 is 14.4 Å². The van der Waals surface area contributed by atoms with E-state index >= 15 is 0 Å². The van der Waals surface area contributed by atoms with Gasteiger partial charge in [-0.25, -0.2) is 0 Å². The Balaban J connectivity index is 1.19. The summed E-state index contributed by atoms with van der Waals surface area (Å²) in [5.41, 5.74) is 10.8. The minimum Gasteiger partial charge on any atom is -0.497 e. The van der Waals surface area contributed by atoms with Crippen LogP contribution in [0.1, 0.15) is 26.3 Å². The summed E-state index contributed by atoms with van der Waals surface area (Å²) < 4.78 is 10.8. The molecule has 0 amide bonds. The molecule has 5 heteroatoms. The fourth-order valence-electron chi connectivity index (χ4n) is 5.91. The van der Waals surface area contributed by atoms with Crippen LogP contribution in [0.25, 0.3) is 33.4 Å². The average molecular weight is 588 g/mol. The predicted octanol–water partition coefficient (Wildman–Crippen LogP) is 9.53. The maximum absolute atomic E-state index is 13.6. The van der Waals surface area contributed by atoms with Gasteiger partial charge in [-0.15, -0.1) is 0 Å². The number of benzene rings is 6. The van der Waals surface area contributed by atoms with Gasteiger partial charge in [0.05, 0.1) is 14.2 Å². The number of fused-ring (bicyclic) bond motifs is 3. The molecule has 0 radical (unpaired) electrons. The third-order valence-electron chi connectivity index (χ3n) is 8.32. The maximum atomic E-state index is 13.6. The van der Waals surface area contributed by atoms with Crippen molar-refractivity contribution in [3.8, 4) is 44.9 Å². The first-order valence-electron chi connectivity index (χ1n) is 14.6. The van der Waals surface area contributed by atoms with Crippen molar-refractivity contribution in [3.05, 3.63) is 150 Å². The van der Waals surface area contributed by atoms with Gasteiger partial charge in [-0.2, -0.15) is 0 Å². The van der Waals surface area contributed by atoms with Crippen LogP contribution in [0.5, 0.6) is 11.5 Å². The largest absolute Gasteiger partial charge is 0.497 e. The molecule has 0 unspecified atom stereocenters. The Kier molecular flexibility index (Phi) is 7.20. The quantitative estimate of drug-likeness (QED) is 0.166. The van der Waals surface area contributed by atoms with Gasteiger partial charge in [0.1, 0.15) is 17.8 Å². The number of anilines is 3. The summed E-state index contributed by atoms with van der Waals surface area (Å²) in [6, 6.07) is 43.8. The fraction of sp³-hybridized carbons (Fsp3) is 0.0500. The zero-order valence-corrected chi connectivity index (χ0v) is 24.9. The maximum Gasteiger partial charge on any atom is 0.194 e. The molecule has 0 aromatic heterocycles. The van der Waals surface area contributed by atoms with Crippen molar-refractivity contribution in [1.29, 1.82) is 0 Å². The normalized spacial score (nSPS) is 11.5. The highest BCUT2D eigenvalue weighted by Crippen LogP contribution is 2.41. The second kappa shape index (κ2) is 11.6. The summed E-state index contributed by atoms with van der Waals surface area (Å²) in [6.45, 7) is 0. The molecule has 0 N–H and O–H groups in total. The standard InChI is InChI=1S/C40H29NO4/c1-44-34-17-13-32(14-18-34)41(33-15-19-35(45-2)20-16-33)31-11-7-28(8-12-31)30-10-22-37-36-21-9-29(23-38(36)40(43)39(37)24-30)27-5-3-26(25-42)4-6-27/h3-25H,1-2H3. The van der Waals surface area contributed by atoms with Crippen LogP contribution in [0.4, 0.5) is 17.1 Å². The van der Waals surface area contributed by atoms with E-state index in [9.17, 15) is 9.59 Å². The van der Waals surface area contributed by atoms with E-state index in [0.29, 0.717) is 16.7 Å². The van der Waals surface area contributed by atoms with Crippen molar-refractivity contribution in [3.63, 3.8) is 0 Å². The number of carbonyl (C=O) groups is 2. The molecule has 0 bridgehead atoms. The minimum absolute atomic E-state index is 0.0232. The zero-order chi connectivity index (χ0) is 30.9. The summed E-state index contributed by atoms with van der Waals surface area (Å²) in [5, 5.41) is 0. The molecule has 45 heavy (non-hydrogen) atoms. The van der Waals surface area contributed by atoms with E-state index in [-0.39, 0.29) is 5.78 Å². The van der Waals surface area contributed by atoms with E-state index in [1.165, 1.54) is 0 Å². The van der Waals surface area contributed by atoms with E-state index in [1.54, 1.807) is 26.4 Å². The first kappa shape index (κ1) is 27.9.